The van der Waals surface area contributed by atoms with Gasteiger partial charge in [-0.05, 0) is 0 Å². The normalized spacial score (nSPS) is 8.43. The molecule has 0 heterocycles. The number of rotatable bonds is 0. The quantitative estimate of drug-likeness (QED) is 0.409. The Morgan fingerprint density at radius 1 is 1.14 bits per heavy atom. The third-order valence-electron chi connectivity index (χ3n) is 0. The average molecular weight is 257 g/mol. The van der Waals surface area contributed by atoms with Gasteiger partial charge in [-0.1, -0.05) is 0 Å². The molecule has 0 fully saturated rings. The van der Waals surface area contributed by atoms with Crippen LogP contribution in [-0.2, 0) is 29.9 Å². The van der Waals surface area contributed by atoms with E-state index >= 15 is 0 Å². The van der Waals surface area contributed by atoms with Crippen LogP contribution in [0.25, 0.3) is 0 Å². The summed E-state index contributed by atoms with van der Waals surface area (Å²) >= 11 is -5.12. The minimum Gasteiger partial charge on any atom is 0 e. The largest absolute Gasteiger partial charge is 0 e. The summed E-state index contributed by atoms with van der Waals surface area (Å²) in [6, 6.07) is 0. The molecule has 0 radical (unpaired) electrons. The van der Waals surface area contributed by atoms with Crippen molar-refractivity contribution >= 4 is 44.1 Å². The fourth-order valence-electron chi connectivity index (χ4n) is 0. The topological polar surface area (TPSA) is 77.8 Å². The molecule has 0 unspecified atom stereocenters. The van der Waals surface area contributed by atoms with Gasteiger partial charge in [0, 0.05) is 26.2 Å². The van der Waals surface area contributed by atoms with E-state index in [1.807, 2.05) is 0 Å². The summed E-state index contributed by atoms with van der Waals surface area (Å²) < 4.78 is 30.7. The first-order chi connectivity index (χ1) is 2.00. The molecule has 0 aromatic heterocycles. The van der Waals surface area contributed by atoms with E-state index in [1.165, 1.54) is 0 Å². The molecule has 0 bridgehead atoms. The minimum absolute atomic E-state index is 0. The Morgan fingerprint density at radius 2 is 1.14 bits per heavy atom. The first-order valence-corrected chi connectivity index (χ1v) is 4.07. The zero-order valence-electron chi connectivity index (χ0n) is 2.70. The second kappa shape index (κ2) is 6.24. The van der Waals surface area contributed by atoms with Crippen LogP contribution in [0.2, 0.25) is 0 Å². The van der Waals surface area contributed by atoms with E-state index in [4.69, 9.17) is 16.0 Å². The van der Waals surface area contributed by atoms with Crippen LogP contribution in [-0.4, -0.2) is 56.4 Å². The predicted octanol–water partition coefficient (Wildman–Crippen LogP) is -2.82. The third-order valence-corrected chi connectivity index (χ3v) is 0. The van der Waals surface area contributed by atoms with Crippen molar-refractivity contribution in [1.29, 1.82) is 0 Å². The van der Waals surface area contributed by atoms with Crippen molar-refractivity contribution < 1.29 is 42.2 Å². The smallest absolute Gasteiger partial charge is 0 e. The molecule has 38 valence electrons. The monoisotopic (exact) mass is 256 g/mol. The zero-order valence-corrected chi connectivity index (χ0v) is 7.03. The van der Waals surface area contributed by atoms with Crippen molar-refractivity contribution in [3.05, 3.63) is 0 Å². The van der Waals surface area contributed by atoms with E-state index in [0.717, 1.165) is 0 Å². The van der Waals surface area contributed by atoms with Crippen LogP contribution in [0.1, 0.15) is 0 Å². The molecule has 0 aromatic rings. The Hall–Kier alpha value is 2.12. The maximum Gasteiger partial charge on any atom is 0 e. The van der Waals surface area contributed by atoms with Crippen molar-refractivity contribution in [2.75, 3.05) is 0 Å². The van der Waals surface area contributed by atoms with Gasteiger partial charge >= 0.3 is 60.1 Å². The van der Waals surface area contributed by atoms with Crippen LogP contribution in [0.15, 0.2) is 0 Å². The first-order valence-electron chi connectivity index (χ1n) is 0.783. The fraction of sp³-hybridized carbons (Fsp3) is 0. The summed E-state index contributed by atoms with van der Waals surface area (Å²) in [7, 11) is 0. The molecule has 0 aromatic carbocycles. The molecule has 0 saturated carbocycles. The third kappa shape index (κ3) is 67.6. The van der Waals surface area contributed by atoms with E-state index in [-0.39, 0.29) is 55.8 Å². The van der Waals surface area contributed by atoms with E-state index in [9.17, 15) is 0 Å². The Morgan fingerprint density at radius 3 is 1.14 bits per heavy atom. The van der Waals surface area contributed by atoms with Gasteiger partial charge in [-0.3, -0.25) is 0 Å². The second-order valence-electron chi connectivity index (χ2n) is 0.513. The fourth-order valence-corrected chi connectivity index (χ4v) is 0. The SMILES string of the molecule is O=[As](O)(O)O.[NaH].[Zr]. The van der Waals surface area contributed by atoms with Crippen LogP contribution >= 0.6 is 0 Å². The maximum atomic E-state index is 8.94. The summed E-state index contributed by atoms with van der Waals surface area (Å²) in [6.07, 6.45) is 0. The van der Waals surface area contributed by atoms with E-state index in [1.54, 1.807) is 0 Å². The average Bonchev–Trinajstić information content (AvgIpc) is 0.722. The van der Waals surface area contributed by atoms with Crippen molar-refractivity contribution in [2.45, 2.75) is 0 Å². The Labute approximate surface area is 85.1 Å². The minimum atomic E-state index is -5.12. The van der Waals surface area contributed by atoms with Gasteiger partial charge in [-0.2, -0.15) is 0 Å². The van der Waals surface area contributed by atoms with Gasteiger partial charge in [0.25, 0.3) is 0 Å². The standard InChI is InChI=1S/AsH3O4.Na.Zr.H/c2-1(3,4)5;;;/h(H3,2,3,4,5);;;. The van der Waals surface area contributed by atoms with Gasteiger partial charge in [0.2, 0.25) is 0 Å². The van der Waals surface area contributed by atoms with Gasteiger partial charge in [-0.25, -0.2) is 0 Å². The van der Waals surface area contributed by atoms with Crippen LogP contribution in [0.3, 0.4) is 0 Å². The maximum absolute atomic E-state index is 8.94. The van der Waals surface area contributed by atoms with Gasteiger partial charge in [0.05, 0.1) is 0 Å². The Kier molecular flexibility index (Phi) is 14.3. The van der Waals surface area contributed by atoms with Crippen LogP contribution in [0.4, 0.5) is 0 Å². The van der Waals surface area contributed by atoms with Crippen molar-refractivity contribution in [2.24, 2.45) is 0 Å². The van der Waals surface area contributed by atoms with E-state index in [2.05, 4.69) is 0 Å². The van der Waals surface area contributed by atoms with Crippen molar-refractivity contribution in [3.8, 4) is 0 Å². The van der Waals surface area contributed by atoms with Crippen LogP contribution < -0.4 is 0 Å². The first kappa shape index (κ1) is 16.1. The molecule has 0 aliphatic carbocycles. The number of hydrogen-bond acceptors (Lipinski definition) is 1. The molecular weight excluding hydrogens is 253 g/mol. The molecule has 0 saturated heterocycles. The van der Waals surface area contributed by atoms with E-state index < -0.39 is 14.5 Å². The van der Waals surface area contributed by atoms with Crippen molar-refractivity contribution in [3.63, 3.8) is 0 Å². The summed E-state index contributed by atoms with van der Waals surface area (Å²) in [5, 5.41) is 0. The van der Waals surface area contributed by atoms with E-state index in [0.29, 0.717) is 0 Å². The molecule has 0 rings (SSSR count). The molecule has 0 amide bonds. The van der Waals surface area contributed by atoms with Crippen LogP contribution in [0.5, 0.6) is 0 Å². The Bertz CT molecular complexity index is 57.8. The van der Waals surface area contributed by atoms with Gasteiger partial charge in [-0.15, -0.1) is 0 Å². The summed E-state index contributed by atoms with van der Waals surface area (Å²) in [6.45, 7) is 0. The molecule has 7 heavy (non-hydrogen) atoms. The summed E-state index contributed by atoms with van der Waals surface area (Å²) in [4.78, 5) is 0. The van der Waals surface area contributed by atoms with Crippen LogP contribution in [0, 0.1) is 0 Å². The molecule has 3 N–H and O–H groups in total. The van der Waals surface area contributed by atoms with Gasteiger partial charge in [0.15, 0.2) is 0 Å². The second-order valence-corrected chi connectivity index (χ2v) is 2.67. The predicted molar refractivity (Wildman–Crippen MR) is 20.2 cm³/mol. The number of hydrogen-bond donors (Lipinski definition) is 3. The van der Waals surface area contributed by atoms with Gasteiger partial charge < -0.3 is 0 Å². The molecule has 0 aliphatic heterocycles. The molecule has 0 aliphatic rings. The molecule has 7 heteroatoms. The zero-order chi connectivity index (χ0) is 4.50. The molecule has 0 spiro atoms. The Balaban J connectivity index is -0.0000000800. The van der Waals surface area contributed by atoms with Gasteiger partial charge in [0.1, 0.15) is 0 Å². The molecular formula is H4AsNaO4Zr. The molecule has 4 nitrogen and oxygen atoms in total. The summed E-state index contributed by atoms with van der Waals surface area (Å²) in [5.74, 6) is 0. The molecule has 0 atom stereocenters. The van der Waals surface area contributed by atoms with Crippen molar-refractivity contribution in [1.82, 2.24) is 0 Å². The summed E-state index contributed by atoms with van der Waals surface area (Å²) in [5.41, 5.74) is 0.